The molecule has 1 amide bonds. The van der Waals surface area contributed by atoms with Crippen molar-refractivity contribution < 1.29 is 22.3 Å². The lowest BCUT2D eigenvalue weighted by Gasteiger charge is -2.28. The first-order chi connectivity index (χ1) is 16.7. The first-order valence-electron chi connectivity index (χ1n) is 11.2. The van der Waals surface area contributed by atoms with Crippen molar-refractivity contribution in [1.82, 2.24) is 24.1 Å². The number of anilines is 1. The van der Waals surface area contributed by atoms with Crippen LogP contribution in [0.4, 0.5) is 10.2 Å². The Hall–Kier alpha value is -3.22. The molecule has 1 aromatic carbocycles. The minimum Gasteiger partial charge on any atom is -0.384 e. The second-order valence-corrected chi connectivity index (χ2v) is 10.6. The maximum atomic E-state index is 14.8. The molecule has 0 unspecified atom stereocenters. The van der Waals surface area contributed by atoms with Crippen molar-refractivity contribution in [2.45, 2.75) is 32.9 Å². The third kappa shape index (κ3) is 5.39. The molecule has 12 heteroatoms. The predicted molar refractivity (Wildman–Crippen MR) is 128 cm³/mol. The number of sulfonamides is 1. The molecule has 35 heavy (non-hydrogen) atoms. The Bertz CT molecular complexity index is 1340. The zero-order valence-electron chi connectivity index (χ0n) is 19.7. The van der Waals surface area contributed by atoms with Crippen molar-refractivity contribution in [3.63, 3.8) is 0 Å². The number of pyridine rings is 1. The van der Waals surface area contributed by atoms with E-state index in [4.69, 9.17) is 4.74 Å². The van der Waals surface area contributed by atoms with Gasteiger partial charge in [0, 0.05) is 26.2 Å². The SMILES string of the molecule is COCCS(=O)(=O)N1CCc2cc(F)c(C(=O)Nc3cccc(-c4nncn4C(C)C)n3)cc2C1. The summed E-state index contributed by atoms with van der Waals surface area (Å²) in [5.74, 6) is -0.718. The largest absolute Gasteiger partial charge is 0.384 e. The molecule has 0 aliphatic carbocycles. The maximum absolute atomic E-state index is 14.8. The predicted octanol–water partition coefficient (Wildman–Crippen LogP) is 2.65. The first-order valence-corrected chi connectivity index (χ1v) is 12.8. The number of hydrogen-bond donors (Lipinski definition) is 1. The van der Waals surface area contributed by atoms with Crippen LogP contribution in [0.15, 0.2) is 36.7 Å². The highest BCUT2D eigenvalue weighted by molar-refractivity contribution is 7.89. The van der Waals surface area contributed by atoms with Gasteiger partial charge in [0.25, 0.3) is 5.91 Å². The number of hydrogen-bond acceptors (Lipinski definition) is 7. The fourth-order valence-electron chi connectivity index (χ4n) is 3.90. The van der Waals surface area contributed by atoms with Gasteiger partial charge in [0.1, 0.15) is 23.7 Å². The molecule has 186 valence electrons. The van der Waals surface area contributed by atoms with Crippen LogP contribution < -0.4 is 5.32 Å². The molecule has 3 heterocycles. The van der Waals surface area contributed by atoms with Crippen LogP contribution in [0.1, 0.15) is 41.4 Å². The maximum Gasteiger partial charge on any atom is 0.259 e. The number of carbonyl (C=O) groups excluding carboxylic acids is 1. The number of nitrogens with one attached hydrogen (secondary N) is 1. The van der Waals surface area contributed by atoms with Gasteiger partial charge in [-0.25, -0.2) is 17.8 Å². The average molecular weight is 503 g/mol. The Morgan fingerprint density at radius 1 is 1.26 bits per heavy atom. The van der Waals surface area contributed by atoms with Crippen LogP contribution in [0, 0.1) is 5.82 Å². The molecule has 0 saturated carbocycles. The summed E-state index contributed by atoms with van der Waals surface area (Å²) in [5.41, 5.74) is 1.61. The molecule has 0 atom stereocenters. The average Bonchev–Trinajstić information content (AvgIpc) is 3.33. The fraction of sp³-hybridized carbons (Fsp3) is 0.391. The molecule has 0 fully saturated rings. The van der Waals surface area contributed by atoms with Gasteiger partial charge in [-0.1, -0.05) is 6.07 Å². The van der Waals surface area contributed by atoms with E-state index in [1.807, 2.05) is 18.4 Å². The third-order valence-corrected chi connectivity index (χ3v) is 7.58. The van der Waals surface area contributed by atoms with Crippen LogP contribution >= 0.6 is 0 Å². The van der Waals surface area contributed by atoms with Crippen LogP contribution in [0.3, 0.4) is 0 Å². The molecular weight excluding hydrogens is 475 g/mol. The lowest BCUT2D eigenvalue weighted by molar-refractivity contribution is 0.102. The third-order valence-electron chi connectivity index (χ3n) is 5.80. The summed E-state index contributed by atoms with van der Waals surface area (Å²) < 4.78 is 48.0. The molecule has 2 aromatic heterocycles. The van der Waals surface area contributed by atoms with Crippen molar-refractivity contribution in [1.29, 1.82) is 0 Å². The minimum absolute atomic E-state index is 0.0700. The molecule has 10 nitrogen and oxygen atoms in total. The fourth-order valence-corrected chi connectivity index (χ4v) is 5.24. The minimum atomic E-state index is -3.53. The van der Waals surface area contributed by atoms with Gasteiger partial charge in [0.05, 0.1) is 17.9 Å². The van der Waals surface area contributed by atoms with Gasteiger partial charge in [-0.3, -0.25) is 4.79 Å². The Balaban J connectivity index is 1.55. The Labute approximate surface area is 203 Å². The molecule has 4 rings (SSSR count). The van der Waals surface area contributed by atoms with Gasteiger partial charge < -0.3 is 14.6 Å². The van der Waals surface area contributed by atoms with Gasteiger partial charge >= 0.3 is 0 Å². The van der Waals surface area contributed by atoms with Crippen molar-refractivity contribution in [3.8, 4) is 11.5 Å². The number of rotatable bonds is 8. The van der Waals surface area contributed by atoms with E-state index >= 15 is 0 Å². The number of fused-ring (bicyclic) bond motifs is 1. The van der Waals surface area contributed by atoms with Crippen molar-refractivity contribution in [2.24, 2.45) is 0 Å². The summed E-state index contributed by atoms with van der Waals surface area (Å²) in [7, 11) is -2.09. The van der Waals surface area contributed by atoms with Gasteiger partial charge in [-0.05, 0) is 55.7 Å². The Morgan fingerprint density at radius 2 is 2.06 bits per heavy atom. The van der Waals surface area contributed by atoms with Gasteiger partial charge in [0.15, 0.2) is 5.82 Å². The number of carbonyl (C=O) groups is 1. The van der Waals surface area contributed by atoms with Crippen LogP contribution in [-0.2, 0) is 27.7 Å². The Morgan fingerprint density at radius 3 is 2.80 bits per heavy atom. The second-order valence-electron chi connectivity index (χ2n) is 8.51. The quantitative estimate of drug-likeness (QED) is 0.503. The number of ether oxygens (including phenoxy) is 1. The lowest BCUT2D eigenvalue weighted by atomic mass is 9.97. The Kier molecular flexibility index (Phi) is 7.24. The van der Waals surface area contributed by atoms with Crippen molar-refractivity contribution in [2.75, 3.05) is 31.3 Å². The summed E-state index contributed by atoms with van der Waals surface area (Å²) in [5, 5.41) is 10.7. The molecule has 1 aliphatic heterocycles. The van der Waals surface area contributed by atoms with Crippen molar-refractivity contribution in [3.05, 3.63) is 59.2 Å². The van der Waals surface area contributed by atoms with Gasteiger partial charge in [0.2, 0.25) is 10.0 Å². The highest BCUT2D eigenvalue weighted by Crippen LogP contribution is 2.26. The standard InChI is InChI=1S/C23H27FN6O4S/c1-15(2)30-14-25-28-22(30)20-5-4-6-21(26-20)27-23(31)18-11-17-13-29(35(32,33)10-9-34-3)8-7-16(17)12-19(18)24/h4-6,11-12,14-15H,7-10,13H2,1-3H3,(H,26,27,31). The summed E-state index contributed by atoms with van der Waals surface area (Å²) >= 11 is 0. The molecule has 3 aromatic rings. The van der Waals surface area contributed by atoms with E-state index in [0.717, 1.165) is 0 Å². The van der Waals surface area contributed by atoms with Crippen LogP contribution in [-0.4, -0.2) is 64.4 Å². The smallest absolute Gasteiger partial charge is 0.259 e. The summed E-state index contributed by atoms with van der Waals surface area (Å²) in [6.07, 6.45) is 1.97. The molecular formula is C23H27FN6O4S. The molecule has 1 N–H and O–H groups in total. The zero-order valence-corrected chi connectivity index (χ0v) is 20.5. The number of benzene rings is 1. The number of amides is 1. The highest BCUT2D eigenvalue weighted by Gasteiger charge is 2.28. The van der Waals surface area contributed by atoms with E-state index in [2.05, 4.69) is 20.5 Å². The topological polar surface area (TPSA) is 119 Å². The summed E-state index contributed by atoms with van der Waals surface area (Å²) in [6.45, 7) is 4.38. The van der Waals surface area contributed by atoms with E-state index < -0.39 is 21.7 Å². The number of halogens is 1. The highest BCUT2D eigenvalue weighted by atomic mass is 32.2. The lowest BCUT2D eigenvalue weighted by Crippen LogP contribution is -2.38. The van der Waals surface area contributed by atoms with Gasteiger partial charge in [-0.2, -0.15) is 4.31 Å². The number of aromatic nitrogens is 4. The molecule has 0 bridgehead atoms. The summed E-state index contributed by atoms with van der Waals surface area (Å²) in [6, 6.07) is 7.88. The van der Waals surface area contributed by atoms with Crippen LogP contribution in [0.25, 0.3) is 11.5 Å². The van der Waals surface area contributed by atoms with E-state index in [1.54, 1.807) is 24.5 Å². The second kappa shape index (κ2) is 10.2. The van der Waals surface area contributed by atoms with Crippen molar-refractivity contribution >= 4 is 21.7 Å². The first kappa shape index (κ1) is 24.9. The summed E-state index contributed by atoms with van der Waals surface area (Å²) in [4.78, 5) is 17.4. The molecule has 1 aliphatic rings. The van der Waals surface area contributed by atoms with E-state index in [1.165, 1.54) is 23.5 Å². The van der Waals surface area contributed by atoms with E-state index in [-0.39, 0.29) is 42.9 Å². The monoisotopic (exact) mass is 502 g/mol. The van der Waals surface area contributed by atoms with E-state index in [9.17, 15) is 17.6 Å². The molecule has 0 radical (unpaired) electrons. The number of methoxy groups -OCH3 is 1. The zero-order chi connectivity index (χ0) is 25.2. The van der Waals surface area contributed by atoms with E-state index in [0.29, 0.717) is 29.1 Å². The number of nitrogens with zero attached hydrogens (tertiary/aromatic N) is 5. The van der Waals surface area contributed by atoms with Gasteiger partial charge in [-0.15, -0.1) is 10.2 Å². The normalized spacial score (nSPS) is 14.2. The van der Waals surface area contributed by atoms with Crippen LogP contribution in [0.2, 0.25) is 0 Å². The van der Waals surface area contributed by atoms with Crippen LogP contribution in [0.5, 0.6) is 0 Å². The molecule has 0 spiro atoms. The molecule has 0 saturated heterocycles.